The van der Waals surface area contributed by atoms with Crippen molar-refractivity contribution in [3.05, 3.63) is 29.6 Å². The van der Waals surface area contributed by atoms with Crippen molar-refractivity contribution in [3.8, 4) is 0 Å². The summed E-state index contributed by atoms with van der Waals surface area (Å²) in [7, 11) is 0. The van der Waals surface area contributed by atoms with E-state index in [1.54, 1.807) is 11.0 Å². The van der Waals surface area contributed by atoms with Crippen molar-refractivity contribution in [1.82, 2.24) is 15.2 Å². The molecule has 1 aliphatic rings. The zero-order valence-corrected chi connectivity index (χ0v) is 11.8. The summed E-state index contributed by atoms with van der Waals surface area (Å²) in [5.41, 5.74) is 0.834. The number of carbonyl (C=O) groups excluding carboxylic acids is 2. The fourth-order valence-electron chi connectivity index (χ4n) is 1.98. The van der Waals surface area contributed by atoms with E-state index in [0.717, 1.165) is 0 Å². The molecule has 2 amide bonds. The van der Waals surface area contributed by atoms with Gasteiger partial charge in [-0.05, 0) is 19.9 Å². The molecule has 0 spiro atoms. The van der Waals surface area contributed by atoms with Gasteiger partial charge in [-0.25, -0.2) is 0 Å². The maximum atomic E-state index is 12.3. The molecule has 0 saturated carbocycles. The number of nitrogens with one attached hydrogen (secondary N) is 1. The Bertz CT molecular complexity index is 496. The van der Waals surface area contributed by atoms with Crippen molar-refractivity contribution in [2.45, 2.75) is 19.9 Å². The minimum atomic E-state index is -0.218. The van der Waals surface area contributed by atoms with Gasteiger partial charge in [0.15, 0.2) is 0 Å². The first-order chi connectivity index (χ1) is 9.58. The Balaban J connectivity index is 2.12. The molecule has 20 heavy (non-hydrogen) atoms. The van der Waals surface area contributed by atoms with E-state index in [1.165, 1.54) is 12.4 Å². The van der Waals surface area contributed by atoms with Crippen molar-refractivity contribution in [3.63, 3.8) is 0 Å². The predicted octanol–water partition coefficient (Wildman–Crippen LogP) is 0.692. The first kappa shape index (κ1) is 14.5. The molecule has 1 aromatic heterocycles. The molecule has 0 unspecified atom stereocenters. The van der Waals surface area contributed by atoms with Crippen LogP contribution >= 0.6 is 0 Å². The molecule has 0 aliphatic carbocycles. The highest BCUT2D eigenvalue weighted by Crippen LogP contribution is 2.09. The average Bonchev–Trinajstić information content (AvgIpc) is 2.47. The average molecular weight is 277 g/mol. The van der Waals surface area contributed by atoms with Gasteiger partial charge in [0.05, 0.1) is 24.3 Å². The molecule has 0 atom stereocenters. The first-order valence-electron chi connectivity index (χ1n) is 6.71. The molecule has 2 heterocycles. The number of rotatable bonds is 3. The molecule has 108 valence electrons. The molecule has 0 bridgehead atoms. The number of pyridine rings is 1. The molecule has 1 N–H and O–H groups in total. The third-order valence-corrected chi connectivity index (χ3v) is 2.97. The van der Waals surface area contributed by atoms with Crippen LogP contribution in [0.3, 0.4) is 0 Å². The molecule has 1 aromatic rings. The highest BCUT2D eigenvalue weighted by atomic mass is 16.5. The Labute approximate surface area is 118 Å². The monoisotopic (exact) mass is 277 g/mol. The Morgan fingerprint density at radius 1 is 1.25 bits per heavy atom. The van der Waals surface area contributed by atoms with E-state index >= 15 is 0 Å². The van der Waals surface area contributed by atoms with Crippen molar-refractivity contribution in [1.29, 1.82) is 0 Å². The molecule has 6 heteroatoms. The normalized spacial score (nSPS) is 15.2. The molecule has 1 fully saturated rings. The first-order valence-corrected chi connectivity index (χ1v) is 6.71. The molecule has 2 rings (SSSR count). The minimum Gasteiger partial charge on any atom is -0.378 e. The van der Waals surface area contributed by atoms with Gasteiger partial charge in [-0.15, -0.1) is 0 Å². The summed E-state index contributed by atoms with van der Waals surface area (Å²) in [6.45, 7) is 6.00. The van der Waals surface area contributed by atoms with E-state index in [0.29, 0.717) is 37.4 Å². The molecule has 1 aliphatic heterocycles. The predicted molar refractivity (Wildman–Crippen MR) is 73.6 cm³/mol. The van der Waals surface area contributed by atoms with Crippen molar-refractivity contribution >= 4 is 11.8 Å². The lowest BCUT2D eigenvalue weighted by atomic mass is 10.1. The molecule has 0 aromatic carbocycles. The van der Waals surface area contributed by atoms with Crippen LogP contribution in [-0.2, 0) is 4.74 Å². The van der Waals surface area contributed by atoms with Gasteiger partial charge in [-0.2, -0.15) is 0 Å². The van der Waals surface area contributed by atoms with E-state index in [1.807, 2.05) is 13.8 Å². The van der Waals surface area contributed by atoms with Crippen LogP contribution in [0.1, 0.15) is 34.6 Å². The van der Waals surface area contributed by atoms with Gasteiger partial charge in [0.2, 0.25) is 0 Å². The second-order valence-electron chi connectivity index (χ2n) is 5.00. The van der Waals surface area contributed by atoms with Crippen LogP contribution in [0.15, 0.2) is 18.5 Å². The highest BCUT2D eigenvalue weighted by Gasteiger charge is 2.20. The van der Waals surface area contributed by atoms with Gasteiger partial charge < -0.3 is 15.0 Å². The Kier molecular flexibility index (Phi) is 4.68. The van der Waals surface area contributed by atoms with Crippen molar-refractivity contribution in [2.24, 2.45) is 0 Å². The Morgan fingerprint density at radius 2 is 1.90 bits per heavy atom. The summed E-state index contributed by atoms with van der Waals surface area (Å²) in [6.07, 6.45) is 2.96. The smallest absolute Gasteiger partial charge is 0.255 e. The van der Waals surface area contributed by atoms with Crippen LogP contribution in [0.5, 0.6) is 0 Å². The number of aromatic nitrogens is 1. The summed E-state index contributed by atoms with van der Waals surface area (Å²) in [5, 5.41) is 2.78. The van der Waals surface area contributed by atoms with Gasteiger partial charge in [-0.3, -0.25) is 14.6 Å². The standard InChI is InChI=1S/C14H19N3O3/c1-10(2)16-13(18)11-7-12(9-15-8-11)14(19)17-3-5-20-6-4-17/h7-10H,3-6H2,1-2H3,(H,16,18). The largest absolute Gasteiger partial charge is 0.378 e. The van der Waals surface area contributed by atoms with Gasteiger partial charge in [0, 0.05) is 31.5 Å². The van der Waals surface area contributed by atoms with Gasteiger partial charge in [0.1, 0.15) is 0 Å². The number of carbonyl (C=O) groups is 2. The SMILES string of the molecule is CC(C)NC(=O)c1cncc(C(=O)N2CCOCC2)c1. The second kappa shape index (κ2) is 6.47. The van der Waals surface area contributed by atoms with Crippen LogP contribution in [0, 0.1) is 0 Å². The number of hydrogen-bond donors (Lipinski definition) is 1. The Hall–Kier alpha value is -1.95. The van der Waals surface area contributed by atoms with Crippen LogP contribution in [0.2, 0.25) is 0 Å². The number of hydrogen-bond acceptors (Lipinski definition) is 4. The fraction of sp³-hybridized carbons (Fsp3) is 0.500. The fourth-order valence-corrected chi connectivity index (χ4v) is 1.98. The molecular formula is C14H19N3O3. The molecular weight excluding hydrogens is 258 g/mol. The van der Waals surface area contributed by atoms with E-state index in [9.17, 15) is 9.59 Å². The minimum absolute atomic E-state index is 0.0427. The highest BCUT2D eigenvalue weighted by molar-refractivity contribution is 5.99. The molecule has 6 nitrogen and oxygen atoms in total. The summed E-state index contributed by atoms with van der Waals surface area (Å²) >= 11 is 0. The second-order valence-corrected chi connectivity index (χ2v) is 5.00. The maximum Gasteiger partial charge on any atom is 0.255 e. The van der Waals surface area contributed by atoms with Gasteiger partial charge in [-0.1, -0.05) is 0 Å². The summed E-state index contributed by atoms with van der Waals surface area (Å²) in [6, 6.07) is 1.63. The molecule has 1 saturated heterocycles. The maximum absolute atomic E-state index is 12.3. The topological polar surface area (TPSA) is 71.5 Å². The van der Waals surface area contributed by atoms with Crippen LogP contribution in [0.4, 0.5) is 0 Å². The number of ether oxygens (including phenoxy) is 1. The third-order valence-electron chi connectivity index (χ3n) is 2.97. The van der Waals surface area contributed by atoms with E-state index in [-0.39, 0.29) is 17.9 Å². The lowest BCUT2D eigenvalue weighted by Crippen LogP contribution is -2.40. The van der Waals surface area contributed by atoms with Crippen LogP contribution in [-0.4, -0.2) is 54.0 Å². The summed E-state index contributed by atoms with van der Waals surface area (Å²) < 4.78 is 5.22. The van der Waals surface area contributed by atoms with E-state index < -0.39 is 0 Å². The third kappa shape index (κ3) is 3.54. The quantitative estimate of drug-likeness (QED) is 0.882. The van der Waals surface area contributed by atoms with E-state index in [4.69, 9.17) is 4.74 Å². The van der Waals surface area contributed by atoms with E-state index in [2.05, 4.69) is 10.3 Å². The van der Waals surface area contributed by atoms with Gasteiger partial charge >= 0.3 is 0 Å². The van der Waals surface area contributed by atoms with Crippen molar-refractivity contribution in [2.75, 3.05) is 26.3 Å². The number of nitrogens with zero attached hydrogens (tertiary/aromatic N) is 2. The van der Waals surface area contributed by atoms with Gasteiger partial charge in [0.25, 0.3) is 11.8 Å². The zero-order chi connectivity index (χ0) is 14.5. The van der Waals surface area contributed by atoms with Crippen LogP contribution < -0.4 is 5.32 Å². The summed E-state index contributed by atoms with van der Waals surface area (Å²) in [5.74, 6) is -0.330. The number of morpholine rings is 1. The van der Waals surface area contributed by atoms with Crippen LogP contribution in [0.25, 0.3) is 0 Å². The lowest BCUT2D eigenvalue weighted by molar-refractivity contribution is 0.0302. The lowest BCUT2D eigenvalue weighted by Gasteiger charge is -2.26. The molecule has 0 radical (unpaired) electrons. The summed E-state index contributed by atoms with van der Waals surface area (Å²) in [4.78, 5) is 29.9. The zero-order valence-electron chi connectivity index (χ0n) is 11.8. The number of amides is 2. The van der Waals surface area contributed by atoms with Crippen molar-refractivity contribution < 1.29 is 14.3 Å². The Morgan fingerprint density at radius 3 is 2.55 bits per heavy atom.